The number of hydrogen-bond donors (Lipinski definition) is 1. The Kier molecular flexibility index (Phi) is 6.46. The second-order valence-electron chi connectivity index (χ2n) is 7.08. The van der Waals surface area contributed by atoms with Crippen LogP contribution >= 0.6 is 11.6 Å². The Balaban J connectivity index is 1.84. The molecule has 0 fully saturated rings. The van der Waals surface area contributed by atoms with Crippen LogP contribution in [0.2, 0.25) is 5.02 Å². The predicted octanol–water partition coefficient (Wildman–Crippen LogP) is 3.19. The molecule has 0 saturated heterocycles. The summed E-state index contributed by atoms with van der Waals surface area (Å²) >= 11 is 5.94. The van der Waals surface area contributed by atoms with Gasteiger partial charge in [0.2, 0.25) is 5.43 Å². The van der Waals surface area contributed by atoms with E-state index >= 15 is 0 Å². The molecule has 0 saturated carbocycles. The zero-order chi connectivity index (χ0) is 21.0. The highest BCUT2D eigenvalue weighted by Gasteiger charge is 2.16. The van der Waals surface area contributed by atoms with Crippen LogP contribution < -0.4 is 10.7 Å². The van der Waals surface area contributed by atoms with Crippen molar-refractivity contribution in [3.05, 3.63) is 92.4 Å². The molecule has 7 heteroatoms. The summed E-state index contributed by atoms with van der Waals surface area (Å²) in [5.41, 5.74) is 2.91. The number of benzene rings is 2. The number of amides is 1. The first-order valence-corrected chi connectivity index (χ1v) is 9.59. The summed E-state index contributed by atoms with van der Waals surface area (Å²) in [6.07, 6.45) is 0. The molecule has 1 amide bonds. The van der Waals surface area contributed by atoms with E-state index in [1.54, 1.807) is 35.9 Å². The maximum absolute atomic E-state index is 12.7. The maximum atomic E-state index is 12.7. The molecule has 0 spiro atoms. The average molecular weight is 411 g/mol. The largest absolute Gasteiger partial charge is 0.346 e. The van der Waals surface area contributed by atoms with Crippen molar-refractivity contribution in [3.8, 4) is 5.69 Å². The molecule has 0 aliphatic carbocycles. The first-order valence-electron chi connectivity index (χ1n) is 9.22. The fourth-order valence-electron chi connectivity index (χ4n) is 3.03. The highest BCUT2D eigenvalue weighted by molar-refractivity contribution is 6.30. The number of rotatable bonds is 6. The van der Waals surface area contributed by atoms with Crippen molar-refractivity contribution < 1.29 is 4.79 Å². The van der Waals surface area contributed by atoms with E-state index in [0.29, 0.717) is 17.3 Å². The third-order valence-electron chi connectivity index (χ3n) is 4.44. The molecular weight excluding hydrogens is 388 g/mol. The van der Waals surface area contributed by atoms with Crippen molar-refractivity contribution in [2.24, 2.45) is 0 Å². The van der Waals surface area contributed by atoms with Crippen molar-refractivity contribution in [1.29, 1.82) is 0 Å². The Morgan fingerprint density at radius 3 is 2.41 bits per heavy atom. The topological polar surface area (TPSA) is 67.2 Å². The monoisotopic (exact) mass is 410 g/mol. The quantitative estimate of drug-likeness (QED) is 0.677. The summed E-state index contributed by atoms with van der Waals surface area (Å²) in [4.78, 5) is 27.1. The van der Waals surface area contributed by atoms with Crippen LogP contribution in [0.15, 0.2) is 59.4 Å². The molecule has 3 rings (SSSR count). The third kappa shape index (κ3) is 5.10. The molecule has 1 aromatic heterocycles. The van der Waals surface area contributed by atoms with Crippen LogP contribution in [0.1, 0.15) is 27.3 Å². The minimum absolute atomic E-state index is 0.143. The maximum Gasteiger partial charge on any atom is 0.276 e. The Morgan fingerprint density at radius 2 is 1.76 bits per heavy atom. The smallest absolute Gasteiger partial charge is 0.276 e. The van der Waals surface area contributed by atoms with Gasteiger partial charge in [-0.25, -0.2) is 4.68 Å². The van der Waals surface area contributed by atoms with Crippen LogP contribution in [0, 0.1) is 6.92 Å². The van der Waals surface area contributed by atoms with E-state index in [9.17, 15) is 9.59 Å². The predicted molar refractivity (Wildman–Crippen MR) is 115 cm³/mol. The number of carbonyl (C=O) groups excluding carboxylic acids is 1. The highest BCUT2D eigenvalue weighted by Crippen LogP contribution is 2.14. The van der Waals surface area contributed by atoms with E-state index < -0.39 is 11.3 Å². The second kappa shape index (κ2) is 9.03. The summed E-state index contributed by atoms with van der Waals surface area (Å²) in [5.74, 6) is -0.502. The van der Waals surface area contributed by atoms with Crippen molar-refractivity contribution in [2.75, 3.05) is 14.1 Å². The van der Waals surface area contributed by atoms with E-state index in [1.807, 2.05) is 38.4 Å². The van der Waals surface area contributed by atoms with Gasteiger partial charge < -0.3 is 10.2 Å². The number of hydrogen-bond acceptors (Lipinski definition) is 4. The molecule has 0 atom stereocenters. The summed E-state index contributed by atoms with van der Waals surface area (Å²) in [6, 6.07) is 16.3. The lowest BCUT2D eigenvalue weighted by Crippen LogP contribution is -2.32. The minimum atomic E-state index is -0.502. The number of nitrogens with zero attached hydrogens (tertiary/aromatic N) is 3. The number of aryl methyl sites for hydroxylation is 1. The molecular formula is C22H23ClN4O2. The molecule has 3 aromatic rings. The van der Waals surface area contributed by atoms with Gasteiger partial charge in [-0.3, -0.25) is 9.59 Å². The third-order valence-corrected chi connectivity index (χ3v) is 4.69. The molecule has 0 unspecified atom stereocenters. The van der Waals surface area contributed by atoms with E-state index in [2.05, 4.69) is 15.3 Å². The Labute approximate surface area is 174 Å². The standard InChI is InChI=1S/C22H23ClN4O2/c1-15-12-20(28)21(25-27(15)19-10-8-18(23)9-11-19)22(29)24-13-16-6-4-5-7-17(16)14-26(2)3/h4-12H,13-14H2,1-3H3,(H,24,29). The molecule has 1 N–H and O–H groups in total. The Hall–Kier alpha value is -2.96. The van der Waals surface area contributed by atoms with Gasteiger partial charge in [-0.15, -0.1) is 0 Å². The molecule has 2 aromatic carbocycles. The van der Waals surface area contributed by atoms with Crippen LogP contribution in [0.25, 0.3) is 5.69 Å². The van der Waals surface area contributed by atoms with Crippen LogP contribution in [-0.4, -0.2) is 34.7 Å². The Morgan fingerprint density at radius 1 is 1.10 bits per heavy atom. The van der Waals surface area contributed by atoms with Gasteiger partial charge in [0.15, 0.2) is 5.69 Å². The van der Waals surface area contributed by atoms with Crippen LogP contribution in [0.5, 0.6) is 0 Å². The lowest BCUT2D eigenvalue weighted by molar-refractivity contribution is 0.0943. The van der Waals surface area contributed by atoms with E-state index in [-0.39, 0.29) is 5.69 Å². The fraction of sp³-hybridized carbons (Fsp3) is 0.227. The zero-order valence-electron chi connectivity index (χ0n) is 16.6. The van der Waals surface area contributed by atoms with Crippen LogP contribution in [0.4, 0.5) is 0 Å². The number of nitrogens with one attached hydrogen (secondary N) is 1. The summed E-state index contributed by atoms with van der Waals surface area (Å²) in [5, 5.41) is 7.72. The Bertz CT molecular complexity index is 1070. The highest BCUT2D eigenvalue weighted by atomic mass is 35.5. The lowest BCUT2D eigenvalue weighted by atomic mass is 10.1. The molecule has 0 bridgehead atoms. The van der Waals surface area contributed by atoms with Gasteiger partial charge in [0.1, 0.15) is 0 Å². The van der Waals surface area contributed by atoms with Gasteiger partial charge in [0, 0.05) is 29.9 Å². The van der Waals surface area contributed by atoms with Gasteiger partial charge in [-0.1, -0.05) is 35.9 Å². The van der Waals surface area contributed by atoms with Crippen LogP contribution in [0.3, 0.4) is 0 Å². The second-order valence-corrected chi connectivity index (χ2v) is 7.51. The number of carbonyl (C=O) groups is 1. The van der Waals surface area contributed by atoms with Gasteiger partial charge in [-0.05, 0) is 56.4 Å². The summed E-state index contributed by atoms with van der Waals surface area (Å²) in [6.45, 7) is 2.85. The van der Waals surface area contributed by atoms with E-state index in [1.165, 1.54) is 6.07 Å². The number of aromatic nitrogens is 2. The molecule has 150 valence electrons. The molecule has 6 nitrogen and oxygen atoms in total. The van der Waals surface area contributed by atoms with Gasteiger partial charge in [0.05, 0.1) is 5.69 Å². The first-order chi connectivity index (χ1) is 13.8. The fourth-order valence-corrected chi connectivity index (χ4v) is 3.16. The molecule has 0 aliphatic heterocycles. The van der Waals surface area contributed by atoms with Crippen molar-refractivity contribution in [2.45, 2.75) is 20.0 Å². The molecule has 0 aliphatic rings. The number of halogens is 1. The summed E-state index contributed by atoms with van der Waals surface area (Å²) < 4.78 is 1.56. The van der Waals surface area contributed by atoms with E-state index in [0.717, 1.165) is 23.4 Å². The van der Waals surface area contributed by atoms with Crippen LogP contribution in [-0.2, 0) is 13.1 Å². The van der Waals surface area contributed by atoms with Gasteiger partial charge in [-0.2, -0.15) is 5.10 Å². The normalized spacial score (nSPS) is 10.9. The average Bonchev–Trinajstić information content (AvgIpc) is 2.67. The lowest BCUT2D eigenvalue weighted by Gasteiger charge is -2.15. The minimum Gasteiger partial charge on any atom is -0.346 e. The van der Waals surface area contributed by atoms with E-state index in [4.69, 9.17) is 11.6 Å². The molecule has 1 heterocycles. The molecule has 29 heavy (non-hydrogen) atoms. The summed E-state index contributed by atoms with van der Waals surface area (Å²) in [7, 11) is 3.98. The zero-order valence-corrected chi connectivity index (χ0v) is 17.4. The van der Waals surface area contributed by atoms with Crippen molar-refractivity contribution >= 4 is 17.5 Å². The SMILES string of the molecule is Cc1cc(=O)c(C(=O)NCc2ccccc2CN(C)C)nn1-c1ccc(Cl)cc1. The molecule has 0 radical (unpaired) electrons. The van der Waals surface area contributed by atoms with Gasteiger partial charge in [0.25, 0.3) is 5.91 Å². The van der Waals surface area contributed by atoms with Gasteiger partial charge >= 0.3 is 0 Å². The van der Waals surface area contributed by atoms with Crippen molar-refractivity contribution in [1.82, 2.24) is 20.0 Å². The van der Waals surface area contributed by atoms with Crippen molar-refractivity contribution in [3.63, 3.8) is 0 Å². The first kappa shape index (κ1) is 20.8.